The van der Waals surface area contributed by atoms with Crippen molar-refractivity contribution in [3.8, 4) is 11.5 Å². The van der Waals surface area contributed by atoms with Gasteiger partial charge < -0.3 is 15.2 Å². The maximum absolute atomic E-state index is 12.7. The Balaban J connectivity index is 2.07. The van der Waals surface area contributed by atoms with Gasteiger partial charge in [0.25, 0.3) is 0 Å². The number of phenols is 1. The van der Waals surface area contributed by atoms with E-state index in [-0.39, 0.29) is 16.5 Å². The van der Waals surface area contributed by atoms with Crippen molar-refractivity contribution in [1.29, 1.82) is 0 Å². The van der Waals surface area contributed by atoms with Gasteiger partial charge in [-0.3, -0.25) is 5.43 Å². The third-order valence-corrected chi connectivity index (χ3v) is 3.56. The molecule has 0 saturated carbocycles. The smallest absolute Gasteiger partial charge is 0.416 e. The molecule has 0 heterocycles. The first-order valence-electron chi connectivity index (χ1n) is 7.36. The summed E-state index contributed by atoms with van der Waals surface area (Å²) in [5, 5.41) is 16.5. The maximum atomic E-state index is 12.7. The van der Waals surface area contributed by atoms with Gasteiger partial charge in [-0.1, -0.05) is 6.07 Å². The quantitative estimate of drug-likeness (QED) is 0.421. The Labute approximate surface area is 153 Å². The Morgan fingerprint density at radius 1 is 1.19 bits per heavy atom. The van der Waals surface area contributed by atoms with E-state index in [9.17, 15) is 18.3 Å². The molecule has 2 aromatic rings. The fourth-order valence-corrected chi connectivity index (χ4v) is 2.22. The van der Waals surface area contributed by atoms with Gasteiger partial charge in [-0.15, -0.1) is 0 Å². The van der Waals surface area contributed by atoms with E-state index in [0.29, 0.717) is 17.0 Å². The highest BCUT2D eigenvalue weighted by Crippen LogP contribution is 2.30. The van der Waals surface area contributed by atoms with E-state index in [0.717, 1.165) is 12.1 Å². The van der Waals surface area contributed by atoms with Gasteiger partial charge in [0.15, 0.2) is 5.11 Å². The first-order valence-corrected chi connectivity index (χ1v) is 7.77. The number of anilines is 1. The van der Waals surface area contributed by atoms with Gasteiger partial charge in [0.1, 0.15) is 11.5 Å². The lowest BCUT2D eigenvalue weighted by Crippen LogP contribution is -2.25. The molecule has 138 valence electrons. The van der Waals surface area contributed by atoms with Gasteiger partial charge in [-0.25, -0.2) is 0 Å². The molecule has 0 saturated heterocycles. The Kier molecular flexibility index (Phi) is 6.04. The summed E-state index contributed by atoms with van der Waals surface area (Å²) < 4.78 is 43.2. The number of alkyl halides is 3. The lowest BCUT2D eigenvalue weighted by atomic mass is 10.1. The zero-order chi connectivity index (χ0) is 19.3. The average Bonchev–Trinajstić information content (AvgIpc) is 2.59. The van der Waals surface area contributed by atoms with Crippen LogP contribution in [0.15, 0.2) is 47.6 Å². The van der Waals surface area contributed by atoms with Gasteiger partial charge in [-0.2, -0.15) is 18.3 Å². The molecule has 0 fully saturated rings. The molecule has 0 spiro atoms. The number of hydrogen-bond acceptors (Lipinski definition) is 4. The van der Waals surface area contributed by atoms with Crippen molar-refractivity contribution in [3.05, 3.63) is 53.6 Å². The molecule has 0 unspecified atom stereocenters. The summed E-state index contributed by atoms with van der Waals surface area (Å²) in [5.41, 5.74) is 2.76. The second kappa shape index (κ2) is 8.05. The minimum absolute atomic E-state index is 0.00519. The van der Waals surface area contributed by atoms with Crippen LogP contribution in [0.25, 0.3) is 0 Å². The molecule has 5 nitrogen and oxygen atoms in total. The van der Waals surface area contributed by atoms with Crippen LogP contribution in [0.1, 0.15) is 18.1 Å². The van der Waals surface area contributed by atoms with Crippen LogP contribution < -0.4 is 15.5 Å². The summed E-state index contributed by atoms with van der Waals surface area (Å²) in [6.45, 7) is 1.63. The Bertz CT molecular complexity index is 838. The highest BCUT2D eigenvalue weighted by atomic mass is 32.1. The number of hydrogen-bond donors (Lipinski definition) is 3. The molecule has 0 aromatic heterocycles. The highest BCUT2D eigenvalue weighted by molar-refractivity contribution is 7.80. The van der Waals surface area contributed by atoms with Crippen molar-refractivity contribution in [2.24, 2.45) is 5.10 Å². The minimum atomic E-state index is -4.44. The fourth-order valence-electron chi connectivity index (χ4n) is 2.06. The van der Waals surface area contributed by atoms with Gasteiger partial charge in [0.2, 0.25) is 0 Å². The molecule has 0 aliphatic carbocycles. The molecular formula is C17H16F3N3O2S. The van der Waals surface area contributed by atoms with Gasteiger partial charge >= 0.3 is 6.18 Å². The zero-order valence-corrected chi connectivity index (χ0v) is 14.7. The Hall–Kier alpha value is -2.81. The van der Waals surface area contributed by atoms with Crippen LogP contribution in [-0.2, 0) is 6.18 Å². The van der Waals surface area contributed by atoms with E-state index < -0.39 is 11.7 Å². The van der Waals surface area contributed by atoms with Crippen LogP contribution >= 0.6 is 12.2 Å². The molecule has 0 atom stereocenters. The second-order valence-corrected chi connectivity index (χ2v) is 5.63. The number of hydrazone groups is 1. The Morgan fingerprint density at radius 3 is 2.58 bits per heavy atom. The molecular weight excluding hydrogens is 367 g/mol. The molecule has 26 heavy (non-hydrogen) atoms. The standard InChI is InChI=1S/C17H16F3N3O2S/c1-10(14-9-13(25-2)6-7-15(14)24)22-23-16(26)21-12-5-3-4-11(8-12)17(18,19)20/h3-9,24H,1-2H3,(H2,21,23,26)/b22-10+. The van der Waals surface area contributed by atoms with E-state index in [1.54, 1.807) is 19.1 Å². The first-order chi connectivity index (χ1) is 12.2. The normalized spacial score (nSPS) is 11.8. The van der Waals surface area contributed by atoms with Gasteiger partial charge in [-0.05, 0) is 55.5 Å². The number of benzene rings is 2. The van der Waals surface area contributed by atoms with Gasteiger partial charge in [0.05, 0.1) is 18.4 Å². The molecule has 0 amide bonds. The number of nitrogens with zero attached hydrogens (tertiary/aromatic N) is 1. The molecule has 0 aliphatic rings. The summed E-state index contributed by atoms with van der Waals surface area (Å²) in [6, 6.07) is 9.29. The maximum Gasteiger partial charge on any atom is 0.416 e. The van der Waals surface area contributed by atoms with Crippen molar-refractivity contribution in [2.75, 3.05) is 12.4 Å². The summed E-state index contributed by atoms with van der Waals surface area (Å²) in [6.07, 6.45) is -4.44. The summed E-state index contributed by atoms with van der Waals surface area (Å²) in [5.74, 6) is 0.544. The molecule has 3 N–H and O–H groups in total. The topological polar surface area (TPSA) is 65.9 Å². The number of aromatic hydroxyl groups is 1. The van der Waals surface area contributed by atoms with Gasteiger partial charge in [0, 0.05) is 11.3 Å². The first kappa shape index (κ1) is 19.5. The van der Waals surface area contributed by atoms with Crippen molar-refractivity contribution in [3.63, 3.8) is 0 Å². The predicted molar refractivity (Wildman–Crippen MR) is 97.7 cm³/mol. The largest absolute Gasteiger partial charge is 0.507 e. The number of halogens is 3. The van der Waals surface area contributed by atoms with Crippen molar-refractivity contribution >= 4 is 28.7 Å². The van der Waals surface area contributed by atoms with E-state index in [1.807, 2.05) is 0 Å². The molecule has 0 bridgehead atoms. The summed E-state index contributed by atoms with van der Waals surface area (Å²) in [7, 11) is 1.50. The number of methoxy groups -OCH3 is 1. The zero-order valence-electron chi connectivity index (χ0n) is 13.9. The number of phenolic OH excluding ortho intramolecular Hbond substituents is 1. The second-order valence-electron chi connectivity index (χ2n) is 5.22. The van der Waals surface area contributed by atoms with E-state index in [1.165, 1.54) is 25.3 Å². The molecule has 2 rings (SSSR count). The fraction of sp³-hybridized carbons (Fsp3) is 0.176. The van der Waals surface area contributed by atoms with Crippen LogP contribution in [0, 0.1) is 0 Å². The molecule has 0 radical (unpaired) electrons. The third-order valence-electron chi connectivity index (χ3n) is 3.37. The number of thiocarbonyl (C=S) groups is 1. The molecule has 9 heteroatoms. The molecule has 0 aliphatic heterocycles. The van der Waals surface area contributed by atoms with Crippen LogP contribution in [0.3, 0.4) is 0 Å². The minimum Gasteiger partial charge on any atom is -0.507 e. The van der Waals surface area contributed by atoms with E-state index in [4.69, 9.17) is 17.0 Å². The van der Waals surface area contributed by atoms with Crippen LogP contribution in [0.4, 0.5) is 18.9 Å². The number of nitrogens with one attached hydrogen (secondary N) is 2. The third kappa shape index (κ3) is 5.09. The average molecular weight is 383 g/mol. The SMILES string of the molecule is COc1ccc(O)c(/C(C)=N/NC(=S)Nc2cccc(C(F)(F)F)c2)c1. The van der Waals surface area contributed by atoms with E-state index in [2.05, 4.69) is 15.8 Å². The Morgan fingerprint density at radius 2 is 1.92 bits per heavy atom. The lowest BCUT2D eigenvalue weighted by Gasteiger charge is -2.11. The monoisotopic (exact) mass is 383 g/mol. The van der Waals surface area contributed by atoms with Crippen molar-refractivity contribution in [2.45, 2.75) is 13.1 Å². The highest BCUT2D eigenvalue weighted by Gasteiger charge is 2.30. The number of ether oxygens (including phenoxy) is 1. The van der Waals surface area contributed by atoms with E-state index >= 15 is 0 Å². The predicted octanol–water partition coefficient (Wildman–Crippen LogP) is 4.13. The lowest BCUT2D eigenvalue weighted by molar-refractivity contribution is -0.137. The van der Waals surface area contributed by atoms with Crippen LogP contribution in [0.2, 0.25) is 0 Å². The summed E-state index contributed by atoms with van der Waals surface area (Å²) >= 11 is 5.02. The van der Waals surface area contributed by atoms with Crippen molar-refractivity contribution in [1.82, 2.24) is 5.43 Å². The van der Waals surface area contributed by atoms with Crippen LogP contribution in [-0.4, -0.2) is 23.0 Å². The van der Waals surface area contributed by atoms with Crippen molar-refractivity contribution < 1.29 is 23.0 Å². The summed E-state index contributed by atoms with van der Waals surface area (Å²) in [4.78, 5) is 0. The van der Waals surface area contributed by atoms with Crippen LogP contribution in [0.5, 0.6) is 11.5 Å². The number of rotatable bonds is 4. The molecule has 2 aromatic carbocycles.